The molecule has 0 aliphatic carbocycles. The van der Waals surface area contributed by atoms with Gasteiger partial charge in [-0.3, -0.25) is 4.98 Å². The van der Waals surface area contributed by atoms with Crippen LogP contribution in [0.1, 0.15) is 36.5 Å². The molecule has 0 bridgehead atoms. The molecule has 0 fully saturated rings. The van der Waals surface area contributed by atoms with E-state index in [4.69, 9.17) is 5.73 Å². The Morgan fingerprint density at radius 3 is 2.61 bits per heavy atom. The van der Waals surface area contributed by atoms with E-state index in [0.29, 0.717) is 12.5 Å². The summed E-state index contributed by atoms with van der Waals surface area (Å²) in [5.74, 6) is 0.535. The molecule has 94 valence electrons. The first kappa shape index (κ1) is 12.8. The zero-order valence-electron chi connectivity index (χ0n) is 11.3. The molecular weight excluding hydrogens is 220 g/mol. The summed E-state index contributed by atoms with van der Waals surface area (Å²) in [7, 11) is 0. The fourth-order valence-electron chi connectivity index (χ4n) is 2.14. The maximum Gasteiger partial charge on any atom is 0.0318 e. The first-order valence-electron chi connectivity index (χ1n) is 6.37. The number of hydrogen-bond acceptors (Lipinski definition) is 2. The Hall–Kier alpha value is -1.67. The summed E-state index contributed by atoms with van der Waals surface area (Å²) >= 11 is 0. The maximum absolute atomic E-state index is 5.80. The molecule has 0 spiro atoms. The number of pyridine rings is 1. The summed E-state index contributed by atoms with van der Waals surface area (Å²) in [5.41, 5.74) is 12.0. The highest BCUT2D eigenvalue weighted by molar-refractivity contribution is 5.70. The topological polar surface area (TPSA) is 38.9 Å². The first-order chi connectivity index (χ1) is 8.63. The quantitative estimate of drug-likeness (QED) is 0.889. The van der Waals surface area contributed by atoms with E-state index in [1.54, 1.807) is 0 Å². The van der Waals surface area contributed by atoms with E-state index in [0.717, 1.165) is 5.56 Å². The van der Waals surface area contributed by atoms with Crippen molar-refractivity contribution in [2.24, 2.45) is 5.73 Å². The maximum atomic E-state index is 5.80. The second kappa shape index (κ2) is 5.32. The molecule has 0 amide bonds. The molecule has 0 atom stereocenters. The number of benzene rings is 1. The van der Waals surface area contributed by atoms with Crippen LogP contribution in [0.15, 0.2) is 36.7 Å². The monoisotopic (exact) mass is 240 g/mol. The van der Waals surface area contributed by atoms with Crippen LogP contribution in [0.4, 0.5) is 0 Å². The van der Waals surface area contributed by atoms with Crippen LogP contribution in [0.3, 0.4) is 0 Å². The lowest BCUT2D eigenvalue weighted by Crippen LogP contribution is -2.01. The second-order valence-corrected chi connectivity index (χ2v) is 4.97. The Bertz CT molecular complexity index is 545. The Kier molecular flexibility index (Phi) is 3.78. The molecule has 0 saturated heterocycles. The van der Waals surface area contributed by atoms with E-state index in [1.807, 2.05) is 12.4 Å². The minimum atomic E-state index is 0.522. The van der Waals surface area contributed by atoms with Gasteiger partial charge in [0.15, 0.2) is 0 Å². The lowest BCUT2D eigenvalue weighted by molar-refractivity contribution is 0.866. The van der Waals surface area contributed by atoms with Gasteiger partial charge >= 0.3 is 0 Å². The largest absolute Gasteiger partial charge is 0.326 e. The smallest absolute Gasteiger partial charge is 0.0318 e. The molecule has 0 aliphatic heterocycles. The van der Waals surface area contributed by atoms with Gasteiger partial charge in [0.05, 0.1) is 0 Å². The van der Waals surface area contributed by atoms with Gasteiger partial charge < -0.3 is 5.73 Å². The van der Waals surface area contributed by atoms with Gasteiger partial charge in [0, 0.05) is 18.9 Å². The first-order valence-corrected chi connectivity index (χ1v) is 6.37. The predicted octanol–water partition coefficient (Wildman–Crippen LogP) is 3.64. The van der Waals surface area contributed by atoms with Crippen molar-refractivity contribution < 1.29 is 0 Å². The minimum Gasteiger partial charge on any atom is -0.326 e. The van der Waals surface area contributed by atoms with Gasteiger partial charge in [0.1, 0.15) is 0 Å². The van der Waals surface area contributed by atoms with Gasteiger partial charge in [0.2, 0.25) is 0 Å². The van der Waals surface area contributed by atoms with Crippen LogP contribution >= 0.6 is 0 Å². The number of aromatic nitrogens is 1. The average Bonchev–Trinajstić information content (AvgIpc) is 2.39. The molecule has 2 aromatic rings. The summed E-state index contributed by atoms with van der Waals surface area (Å²) in [6.07, 6.45) is 3.69. The molecule has 2 heteroatoms. The van der Waals surface area contributed by atoms with E-state index in [2.05, 4.69) is 50.0 Å². The van der Waals surface area contributed by atoms with Gasteiger partial charge in [0.25, 0.3) is 0 Å². The van der Waals surface area contributed by atoms with Crippen LogP contribution in [-0.2, 0) is 6.54 Å². The van der Waals surface area contributed by atoms with Crippen LogP contribution in [0.25, 0.3) is 11.1 Å². The molecule has 0 aliphatic rings. The van der Waals surface area contributed by atoms with Crippen LogP contribution < -0.4 is 5.73 Å². The lowest BCUT2D eigenvalue weighted by atomic mass is 9.92. The van der Waals surface area contributed by atoms with Crippen LogP contribution in [0.5, 0.6) is 0 Å². The Balaban J connectivity index is 2.59. The molecule has 0 unspecified atom stereocenters. The van der Waals surface area contributed by atoms with E-state index < -0.39 is 0 Å². The van der Waals surface area contributed by atoms with E-state index in [9.17, 15) is 0 Å². The van der Waals surface area contributed by atoms with Gasteiger partial charge in [-0.15, -0.1) is 0 Å². The predicted molar refractivity (Wildman–Crippen MR) is 76.4 cm³/mol. The van der Waals surface area contributed by atoms with E-state index in [1.165, 1.54) is 22.3 Å². The molecule has 0 saturated carbocycles. The van der Waals surface area contributed by atoms with E-state index >= 15 is 0 Å². The second-order valence-electron chi connectivity index (χ2n) is 4.97. The fraction of sp³-hybridized carbons (Fsp3) is 0.312. The van der Waals surface area contributed by atoms with Crippen molar-refractivity contribution in [3.05, 3.63) is 53.3 Å². The summed E-state index contributed by atoms with van der Waals surface area (Å²) in [6.45, 7) is 7.09. The average molecular weight is 240 g/mol. The number of rotatable bonds is 3. The molecule has 18 heavy (non-hydrogen) atoms. The standard InChI is InChI=1S/C16H20N2/c1-11(2)13-5-4-12(3)16(8-13)15-6-7-18-10-14(15)9-17/h4-8,10-11H,9,17H2,1-3H3. The Morgan fingerprint density at radius 1 is 1.17 bits per heavy atom. The third-order valence-electron chi connectivity index (χ3n) is 3.34. The van der Waals surface area contributed by atoms with Gasteiger partial charge in [-0.05, 0) is 46.7 Å². The lowest BCUT2D eigenvalue weighted by Gasteiger charge is -2.14. The molecule has 2 N–H and O–H groups in total. The van der Waals surface area contributed by atoms with Crippen LogP contribution in [-0.4, -0.2) is 4.98 Å². The molecule has 1 aromatic heterocycles. The minimum absolute atomic E-state index is 0.522. The van der Waals surface area contributed by atoms with Gasteiger partial charge in [-0.1, -0.05) is 32.0 Å². The number of hydrogen-bond donors (Lipinski definition) is 1. The van der Waals surface area contributed by atoms with Gasteiger partial charge in [-0.25, -0.2) is 0 Å². The SMILES string of the molecule is Cc1ccc(C(C)C)cc1-c1ccncc1CN. The summed E-state index contributed by atoms with van der Waals surface area (Å²) in [5, 5.41) is 0. The number of aryl methyl sites for hydroxylation is 1. The zero-order valence-corrected chi connectivity index (χ0v) is 11.3. The van der Waals surface area contributed by atoms with Crippen LogP contribution in [0.2, 0.25) is 0 Å². The highest BCUT2D eigenvalue weighted by atomic mass is 14.6. The van der Waals surface area contributed by atoms with Crippen molar-refractivity contribution in [1.29, 1.82) is 0 Å². The fourth-order valence-corrected chi connectivity index (χ4v) is 2.14. The highest BCUT2D eigenvalue weighted by Crippen LogP contribution is 2.29. The number of nitrogens with two attached hydrogens (primary N) is 1. The highest BCUT2D eigenvalue weighted by Gasteiger charge is 2.09. The van der Waals surface area contributed by atoms with Crippen molar-refractivity contribution in [1.82, 2.24) is 4.98 Å². The van der Waals surface area contributed by atoms with Gasteiger partial charge in [-0.2, -0.15) is 0 Å². The third kappa shape index (κ3) is 2.44. The molecule has 2 rings (SSSR count). The summed E-state index contributed by atoms with van der Waals surface area (Å²) in [4.78, 5) is 4.15. The van der Waals surface area contributed by atoms with E-state index in [-0.39, 0.29) is 0 Å². The summed E-state index contributed by atoms with van der Waals surface area (Å²) < 4.78 is 0. The Labute approximate surface area is 109 Å². The molecule has 2 nitrogen and oxygen atoms in total. The zero-order chi connectivity index (χ0) is 13.1. The van der Waals surface area contributed by atoms with Crippen molar-refractivity contribution in [3.63, 3.8) is 0 Å². The molecular formula is C16H20N2. The molecule has 1 heterocycles. The normalized spacial score (nSPS) is 10.9. The van der Waals surface area contributed by atoms with Crippen molar-refractivity contribution >= 4 is 0 Å². The third-order valence-corrected chi connectivity index (χ3v) is 3.34. The Morgan fingerprint density at radius 2 is 1.94 bits per heavy atom. The van der Waals surface area contributed by atoms with Crippen molar-refractivity contribution in [2.45, 2.75) is 33.2 Å². The number of nitrogens with zero attached hydrogens (tertiary/aromatic N) is 1. The van der Waals surface area contributed by atoms with Crippen LogP contribution in [0, 0.1) is 6.92 Å². The van der Waals surface area contributed by atoms with Crippen molar-refractivity contribution in [2.75, 3.05) is 0 Å². The molecule has 0 radical (unpaired) electrons. The summed E-state index contributed by atoms with van der Waals surface area (Å²) in [6, 6.07) is 8.71. The molecule has 1 aromatic carbocycles. The van der Waals surface area contributed by atoms with Crippen molar-refractivity contribution in [3.8, 4) is 11.1 Å².